The third-order valence-electron chi connectivity index (χ3n) is 3.73. The fourth-order valence-electron chi connectivity index (χ4n) is 2.50. The van der Waals surface area contributed by atoms with Gasteiger partial charge < -0.3 is 15.7 Å². The summed E-state index contributed by atoms with van der Waals surface area (Å²) in [7, 11) is 0. The number of carbonyl (C=O) groups excluding carboxylic acids is 1. The van der Waals surface area contributed by atoms with Crippen molar-refractivity contribution < 1.29 is 14.7 Å². The lowest BCUT2D eigenvalue weighted by molar-refractivity contribution is -0.145. The van der Waals surface area contributed by atoms with Crippen LogP contribution in [0, 0.1) is 5.92 Å². The molecule has 108 valence electrons. The van der Waals surface area contributed by atoms with Crippen LogP contribution in [0.15, 0.2) is 24.3 Å². The van der Waals surface area contributed by atoms with Gasteiger partial charge in [0.15, 0.2) is 0 Å². The molecule has 1 aromatic rings. The lowest BCUT2D eigenvalue weighted by Gasteiger charge is -2.30. The normalized spacial score (nSPS) is 18.8. The highest BCUT2D eigenvalue weighted by Crippen LogP contribution is 2.18. The summed E-state index contributed by atoms with van der Waals surface area (Å²) in [6, 6.07) is 7.47. The fraction of sp³-hybridized carbons (Fsp3) is 0.467. The van der Waals surface area contributed by atoms with Crippen LogP contribution in [0.4, 0.5) is 5.69 Å². The molecule has 5 heteroatoms. The number of nitrogens with zero attached hydrogens (tertiary/aromatic N) is 1. The molecule has 1 amide bonds. The summed E-state index contributed by atoms with van der Waals surface area (Å²) >= 11 is 0. The van der Waals surface area contributed by atoms with Crippen LogP contribution in [0.25, 0.3) is 0 Å². The number of rotatable bonds is 4. The molecule has 1 aliphatic rings. The number of nitrogens with two attached hydrogens (primary N) is 1. The zero-order valence-electron chi connectivity index (χ0n) is 11.4. The maximum absolute atomic E-state index is 12.1. The van der Waals surface area contributed by atoms with E-state index in [0.29, 0.717) is 38.0 Å². The summed E-state index contributed by atoms with van der Waals surface area (Å²) in [6.07, 6.45) is 2.51. The van der Waals surface area contributed by atoms with Crippen LogP contribution in [-0.4, -0.2) is 35.0 Å². The molecule has 0 saturated carbocycles. The quantitative estimate of drug-likeness (QED) is 0.817. The number of benzene rings is 1. The van der Waals surface area contributed by atoms with Crippen LogP contribution in [0.1, 0.15) is 24.8 Å². The molecule has 0 spiro atoms. The molecular weight excluding hydrogens is 256 g/mol. The van der Waals surface area contributed by atoms with E-state index in [-0.39, 0.29) is 5.91 Å². The van der Waals surface area contributed by atoms with E-state index in [9.17, 15) is 9.59 Å². The van der Waals surface area contributed by atoms with Crippen molar-refractivity contribution in [3.8, 4) is 0 Å². The number of amides is 1. The Morgan fingerprint density at radius 1 is 1.30 bits per heavy atom. The van der Waals surface area contributed by atoms with Crippen LogP contribution < -0.4 is 5.73 Å². The number of nitrogen functional groups attached to an aromatic ring is 1. The van der Waals surface area contributed by atoms with Gasteiger partial charge in [0.05, 0.1) is 5.92 Å². The molecular formula is C15H20N2O3. The second kappa shape index (κ2) is 6.41. The Labute approximate surface area is 118 Å². The molecule has 0 unspecified atom stereocenters. The van der Waals surface area contributed by atoms with Crippen LogP contribution in [0.2, 0.25) is 0 Å². The monoisotopic (exact) mass is 276 g/mol. The lowest BCUT2D eigenvalue weighted by atomic mass is 9.97. The van der Waals surface area contributed by atoms with Crippen molar-refractivity contribution in [2.75, 3.05) is 18.8 Å². The zero-order valence-corrected chi connectivity index (χ0v) is 11.4. The highest BCUT2D eigenvalue weighted by Gasteiger charge is 2.27. The van der Waals surface area contributed by atoms with Crippen LogP contribution in [0.3, 0.4) is 0 Å². The van der Waals surface area contributed by atoms with Gasteiger partial charge in [-0.3, -0.25) is 9.59 Å². The lowest BCUT2D eigenvalue weighted by Crippen LogP contribution is -2.42. The number of carboxylic acids is 1. The van der Waals surface area contributed by atoms with Gasteiger partial charge in [0.1, 0.15) is 0 Å². The molecule has 3 N–H and O–H groups in total. The van der Waals surface area contributed by atoms with Gasteiger partial charge in [-0.05, 0) is 37.0 Å². The van der Waals surface area contributed by atoms with Gasteiger partial charge in [-0.2, -0.15) is 0 Å². The van der Waals surface area contributed by atoms with Gasteiger partial charge in [0, 0.05) is 25.2 Å². The number of likely N-dealkylation sites (tertiary alicyclic amines) is 1. The average molecular weight is 276 g/mol. The van der Waals surface area contributed by atoms with E-state index in [1.54, 1.807) is 4.90 Å². The summed E-state index contributed by atoms with van der Waals surface area (Å²) in [5.74, 6) is -1.18. The number of piperidine rings is 1. The van der Waals surface area contributed by atoms with E-state index >= 15 is 0 Å². The summed E-state index contributed by atoms with van der Waals surface area (Å²) in [5.41, 5.74) is 7.39. The molecule has 5 nitrogen and oxygen atoms in total. The fourth-order valence-corrected chi connectivity index (χ4v) is 2.50. The summed E-state index contributed by atoms with van der Waals surface area (Å²) < 4.78 is 0. The molecule has 1 aromatic carbocycles. The Bertz CT molecular complexity index is 484. The Morgan fingerprint density at radius 2 is 2.00 bits per heavy atom. The predicted molar refractivity (Wildman–Crippen MR) is 76.1 cm³/mol. The zero-order chi connectivity index (χ0) is 14.5. The molecule has 0 radical (unpaired) electrons. The summed E-state index contributed by atoms with van der Waals surface area (Å²) in [4.78, 5) is 24.8. The molecule has 0 bridgehead atoms. The first-order chi connectivity index (χ1) is 9.56. The number of hydrogen-bond donors (Lipinski definition) is 2. The number of hydrogen-bond acceptors (Lipinski definition) is 3. The van der Waals surface area contributed by atoms with E-state index in [0.717, 1.165) is 12.0 Å². The highest BCUT2D eigenvalue weighted by molar-refractivity contribution is 5.78. The molecule has 1 aliphatic heterocycles. The van der Waals surface area contributed by atoms with Crippen molar-refractivity contribution in [3.63, 3.8) is 0 Å². The molecule has 1 atom stereocenters. The number of carboxylic acid groups (broad SMARTS) is 1. The van der Waals surface area contributed by atoms with Gasteiger partial charge in [0.2, 0.25) is 5.91 Å². The Hall–Kier alpha value is -2.04. The van der Waals surface area contributed by atoms with Crippen molar-refractivity contribution in [1.29, 1.82) is 0 Å². The minimum Gasteiger partial charge on any atom is -0.481 e. The average Bonchev–Trinajstić information content (AvgIpc) is 2.46. The van der Waals surface area contributed by atoms with Crippen LogP contribution in [0.5, 0.6) is 0 Å². The molecule has 20 heavy (non-hydrogen) atoms. The van der Waals surface area contributed by atoms with Crippen molar-refractivity contribution in [2.45, 2.75) is 25.7 Å². The van der Waals surface area contributed by atoms with Crippen LogP contribution in [-0.2, 0) is 16.0 Å². The van der Waals surface area contributed by atoms with E-state index in [4.69, 9.17) is 10.8 Å². The minimum atomic E-state index is -0.805. The molecule has 0 aromatic heterocycles. The Kier molecular flexibility index (Phi) is 4.61. The second-order valence-corrected chi connectivity index (χ2v) is 5.26. The largest absolute Gasteiger partial charge is 0.481 e. The number of aliphatic carboxylic acids is 1. The van der Waals surface area contributed by atoms with E-state index < -0.39 is 11.9 Å². The third kappa shape index (κ3) is 3.73. The number of anilines is 1. The SMILES string of the molecule is Nc1ccc(CCC(=O)N2CCC[C@@H](C(=O)O)C2)cc1. The van der Waals surface area contributed by atoms with Gasteiger partial charge in [0.25, 0.3) is 0 Å². The Balaban J connectivity index is 1.85. The van der Waals surface area contributed by atoms with Crippen molar-refractivity contribution in [3.05, 3.63) is 29.8 Å². The second-order valence-electron chi connectivity index (χ2n) is 5.26. The predicted octanol–water partition coefficient (Wildman–Crippen LogP) is 1.52. The molecule has 1 heterocycles. The topological polar surface area (TPSA) is 83.6 Å². The molecule has 0 aliphatic carbocycles. The number of aryl methyl sites for hydroxylation is 1. The van der Waals surface area contributed by atoms with Gasteiger partial charge in [-0.25, -0.2) is 0 Å². The van der Waals surface area contributed by atoms with Crippen LogP contribution >= 0.6 is 0 Å². The maximum Gasteiger partial charge on any atom is 0.308 e. The first-order valence-corrected chi connectivity index (χ1v) is 6.91. The molecule has 1 fully saturated rings. The molecule has 2 rings (SSSR count). The van der Waals surface area contributed by atoms with Gasteiger partial charge in [-0.15, -0.1) is 0 Å². The first-order valence-electron chi connectivity index (χ1n) is 6.91. The van der Waals surface area contributed by atoms with Gasteiger partial charge in [-0.1, -0.05) is 12.1 Å². The number of carbonyl (C=O) groups is 2. The van der Waals surface area contributed by atoms with Crippen molar-refractivity contribution in [2.24, 2.45) is 5.92 Å². The van der Waals surface area contributed by atoms with Crippen molar-refractivity contribution in [1.82, 2.24) is 4.90 Å². The van der Waals surface area contributed by atoms with Gasteiger partial charge >= 0.3 is 5.97 Å². The highest BCUT2D eigenvalue weighted by atomic mass is 16.4. The van der Waals surface area contributed by atoms with E-state index in [1.807, 2.05) is 24.3 Å². The Morgan fingerprint density at radius 3 is 2.65 bits per heavy atom. The summed E-state index contributed by atoms with van der Waals surface area (Å²) in [6.45, 7) is 1.01. The molecule has 1 saturated heterocycles. The maximum atomic E-state index is 12.1. The van der Waals surface area contributed by atoms with Crippen molar-refractivity contribution >= 4 is 17.6 Å². The first kappa shape index (κ1) is 14.4. The van der Waals surface area contributed by atoms with E-state index in [1.165, 1.54) is 0 Å². The minimum absolute atomic E-state index is 0.0350. The van der Waals surface area contributed by atoms with E-state index in [2.05, 4.69) is 0 Å². The smallest absolute Gasteiger partial charge is 0.308 e. The summed E-state index contributed by atoms with van der Waals surface area (Å²) in [5, 5.41) is 9.02. The third-order valence-corrected chi connectivity index (χ3v) is 3.73. The standard InChI is InChI=1S/C15H20N2O3/c16-13-6-3-11(4-7-13)5-8-14(18)17-9-1-2-12(10-17)15(19)20/h3-4,6-7,12H,1-2,5,8-10,16H2,(H,19,20)/t12-/m1/s1.